The first-order valence-electron chi connectivity index (χ1n) is 5.01. The Morgan fingerprint density at radius 3 is 2.73 bits per heavy atom. The van der Waals surface area contributed by atoms with E-state index in [1.807, 2.05) is 0 Å². The second-order valence-corrected chi connectivity index (χ2v) is 3.57. The molecule has 6 nitrogen and oxygen atoms in total. The molecule has 2 aliphatic rings. The zero-order valence-electron chi connectivity index (χ0n) is 8.40. The standard InChI is InChI=1S/C9H14N2O4/c12-8-6-15-5-7(10-8)9(13)11-1-3-14-4-2-11/h7H,1-6H2,(H,10,12). The van der Waals surface area contributed by atoms with Gasteiger partial charge in [-0.1, -0.05) is 0 Å². The average Bonchev–Trinajstić information content (AvgIpc) is 2.29. The summed E-state index contributed by atoms with van der Waals surface area (Å²) in [7, 11) is 0. The lowest BCUT2D eigenvalue weighted by molar-refractivity contribution is -0.146. The first-order chi connectivity index (χ1) is 7.27. The summed E-state index contributed by atoms with van der Waals surface area (Å²) < 4.78 is 10.2. The molecule has 0 radical (unpaired) electrons. The van der Waals surface area contributed by atoms with Crippen molar-refractivity contribution in [1.29, 1.82) is 0 Å². The van der Waals surface area contributed by atoms with Crippen molar-refractivity contribution in [2.75, 3.05) is 39.5 Å². The van der Waals surface area contributed by atoms with Crippen molar-refractivity contribution in [2.24, 2.45) is 0 Å². The van der Waals surface area contributed by atoms with Crippen molar-refractivity contribution < 1.29 is 19.1 Å². The normalized spacial score (nSPS) is 27.3. The van der Waals surface area contributed by atoms with Gasteiger partial charge >= 0.3 is 0 Å². The van der Waals surface area contributed by atoms with E-state index in [0.29, 0.717) is 26.3 Å². The second-order valence-electron chi connectivity index (χ2n) is 3.57. The Balaban J connectivity index is 1.90. The van der Waals surface area contributed by atoms with Crippen molar-refractivity contribution in [3.8, 4) is 0 Å². The molecule has 2 fully saturated rings. The maximum Gasteiger partial charge on any atom is 0.247 e. The van der Waals surface area contributed by atoms with Gasteiger partial charge in [-0.2, -0.15) is 0 Å². The molecular formula is C9H14N2O4. The Hall–Kier alpha value is -1.14. The molecule has 2 rings (SSSR count). The summed E-state index contributed by atoms with van der Waals surface area (Å²) in [4.78, 5) is 24.6. The van der Waals surface area contributed by atoms with Gasteiger partial charge in [0.25, 0.3) is 0 Å². The minimum Gasteiger partial charge on any atom is -0.378 e. The van der Waals surface area contributed by atoms with Gasteiger partial charge in [0.2, 0.25) is 11.8 Å². The summed E-state index contributed by atoms with van der Waals surface area (Å²) in [5.74, 6) is -0.306. The monoisotopic (exact) mass is 214 g/mol. The SMILES string of the molecule is O=C1COCC(C(=O)N2CCOCC2)N1. The largest absolute Gasteiger partial charge is 0.378 e. The van der Waals surface area contributed by atoms with Gasteiger partial charge in [0.05, 0.1) is 19.8 Å². The van der Waals surface area contributed by atoms with Gasteiger partial charge in [0, 0.05) is 13.1 Å². The summed E-state index contributed by atoms with van der Waals surface area (Å²) in [6.45, 7) is 2.62. The topological polar surface area (TPSA) is 67.9 Å². The van der Waals surface area contributed by atoms with Crippen LogP contribution in [0.3, 0.4) is 0 Å². The summed E-state index contributed by atoms with van der Waals surface area (Å²) in [6, 6.07) is -0.524. The molecule has 2 saturated heterocycles. The van der Waals surface area contributed by atoms with Crippen LogP contribution in [0.15, 0.2) is 0 Å². The summed E-state index contributed by atoms with van der Waals surface area (Å²) in [5.41, 5.74) is 0. The number of morpholine rings is 2. The zero-order valence-corrected chi connectivity index (χ0v) is 8.40. The fourth-order valence-corrected chi connectivity index (χ4v) is 1.68. The van der Waals surface area contributed by atoms with E-state index >= 15 is 0 Å². The lowest BCUT2D eigenvalue weighted by Crippen LogP contribution is -2.56. The van der Waals surface area contributed by atoms with Crippen LogP contribution in [-0.2, 0) is 19.1 Å². The first kappa shape index (κ1) is 10.4. The fourth-order valence-electron chi connectivity index (χ4n) is 1.68. The summed E-state index contributed by atoms with van der Waals surface area (Å²) >= 11 is 0. The van der Waals surface area contributed by atoms with Crippen LogP contribution >= 0.6 is 0 Å². The molecule has 84 valence electrons. The lowest BCUT2D eigenvalue weighted by Gasteiger charge is -2.32. The number of carbonyl (C=O) groups is 2. The molecule has 0 aromatic rings. The van der Waals surface area contributed by atoms with Gasteiger partial charge < -0.3 is 19.7 Å². The molecule has 0 saturated carbocycles. The number of ether oxygens (including phenoxy) is 2. The van der Waals surface area contributed by atoms with Gasteiger partial charge in [-0.05, 0) is 0 Å². The van der Waals surface area contributed by atoms with Crippen molar-refractivity contribution >= 4 is 11.8 Å². The first-order valence-corrected chi connectivity index (χ1v) is 5.01. The number of hydrogen-bond donors (Lipinski definition) is 1. The Bertz CT molecular complexity index is 263. The molecule has 0 aliphatic carbocycles. The van der Waals surface area contributed by atoms with E-state index < -0.39 is 6.04 Å². The van der Waals surface area contributed by atoms with Crippen LogP contribution < -0.4 is 5.32 Å². The highest BCUT2D eigenvalue weighted by molar-refractivity contribution is 5.89. The van der Waals surface area contributed by atoms with Crippen LogP contribution in [0, 0.1) is 0 Å². The second kappa shape index (κ2) is 4.59. The van der Waals surface area contributed by atoms with E-state index in [4.69, 9.17) is 9.47 Å². The van der Waals surface area contributed by atoms with Gasteiger partial charge in [-0.3, -0.25) is 9.59 Å². The third kappa shape index (κ3) is 2.45. The molecule has 0 aromatic carbocycles. The van der Waals surface area contributed by atoms with Gasteiger partial charge in [-0.25, -0.2) is 0 Å². The molecule has 6 heteroatoms. The maximum absolute atomic E-state index is 11.9. The Labute approximate surface area is 87.5 Å². The number of amides is 2. The van der Waals surface area contributed by atoms with Gasteiger partial charge in [0.15, 0.2) is 0 Å². The number of hydrogen-bond acceptors (Lipinski definition) is 4. The highest BCUT2D eigenvalue weighted by Gasteiger charge is 2.29. The maximum atomic E-state index is 11.9. The third-order valence-electron chi connectivity index (χ3n) is 2.47. The number of nitrogens with zero attached hydrogens (tertiary/aromatic N) is 1. The minimum atomic E-state index is -0.524. The molecule has 0 spiro atoms. The van der Waals surface area contributed by atoms with E-state index in [-0.39, 0.29) is 25.0 Å². The Morgan fingerprint density at radius 1 is 1.33 bits per heavy atom. The average molecular weight is 214 g/mol. The molecule has 1 N–H and O–H groups in total. The zero-order chi connectivity index (χ0) is 10.7. The number of nitrogens with one attached hydrogen (secondary N) is 1. The molecule has 1 unspecified atom stereocenters. The van der Waals surface area contributed by atoms with E-state index in [2.05, 4.69) is 5.32 Å². The summed E-state index contributed by atoms with van der Waals surface area (Å²) in [5, 5.41) is 2.62. The number of rotatable bonds is 1. The molecule has 15 heavy (non-hydrogen) atoms. The molecule has 2 amide bonds. The predicted molar refractivity (Wildman–Crippen MR) is 50.1 cm³/mol. The molecule has 0 bridgehead atoms. The highest BCUT2D eigenvalue weighted by Crippen LogP contribution is 2.03. The Kier molecular flexibility index (Phi) is 3.17. The Morgan fingerprint density at radius 2 is 2.07 bits per heavy atom. The number of carbonyl (C=O) groups excluding carboxylic acids is 2. The smallest absolute Gasteiger partial charge is 0.247 e. The third-order valence-corrected chi connectivity index (χ3v) is 2.47. The van der Waals surface area contributed by atoms with E-state index in [1.165, 1.54) is 0 Å². The van der Waals surface area contributed by atoms with Gasteiger partial charge in [0.1, 0.15) is 12.6 Å². The van der Waals surface area contributed by atoms with Crippen molar-refractivity contribution in [1.82, 2.24) is 10.2 Å². The molecule has 1 atom stereocenters. The van der Waals surface area contributed by atoms with Crippen LogP contribution in [0.2, 0.25) is 0 Å². The highest BCUT2D eigenvalue weighted by atomic mass is 16.5. The summed E-state index contributed by atoms with van der Waals surface area (Å²) in [6.07, 6.45) is 0. The van der Waals surface area contributed by atoms with Crippen molar-refractivity contribution in [3.63, 3.8) is 0 Å². The fraction of sp³-hybridized carbons (Fsp3) is 0.778. The van der Waals surface area contributed by atoms with E-state index in [0.717, 1.165) is 0 Å². The van der Waals surface area contributed by atoms with Crippen molar-refractivity contribution in [2.45, 2.75) is 6.04 Å². The minimum absolute atomic E-state index is 0.0485. The predicted octanol–water partition coefficient (Wildman–Crippen LogP) is -1.64. The molecule has 2 heterocycles. The van der Waals surface area contributed by atoms with Gasteiger partial charge in [-0.15, -0.1) is 0 Å². The van der Waals surface area contributed by atoms with Crippen LogP contribution in [0.5, 0.6) is 0 Å². The van der Waals surface area contributed by atoms with E-state index in [9.17, 15) is 9.59 Å². The van der Waals surface area contributed by atoms with Crippen LogP contribution in [0.4, 0.5) is 0 Å². The van der Waals surface area contributed by atoms with Crippen molar-refractivity contribution in [3.05, 3.63) is 0 Å². The van der Waals surface area contributed by atoms with Crippen LogP contribution in [0.1, 0.15) is 0 Å². The quantitative estimate of drug-likeness (QED) is 0.568. The van der Waals surface area contributed by atoms with E-state index in [1.54, 1.807) is 4.90 Å². The molecule has 2 aliphatic heterocycles. The van der Waals surface area contributed by atoms with Crippen LogP contribution in [0.25, 0.3) is 0 Å². The molecular weight excluding hydrogens is 200 g/mol. The molecule has 0 aromatic heterocycles. The van der Waals surface area contributed by atoms with Crippen LogP contribution in [-0.4, -0.2) is 62.3 Å². The lowest BCUT2D eigenvalue weighted by atomic mass is 10.2.